The molecule has 0 bridgehead atoms. The average Bonchev–Trinajstić information content (AvgIpc) is 2.42. The van der Waals surface area contributed by atoms with E-state index in [1.807, 2.05) is 12.2 Å². The molecule has 2 rings (SSSR count). The number of nitrogens with two attached hydrogens (primary N) is 2. The highest BCUT2D eigenvalue weighted by atomic mass is 16.1. The predicted molar refractivity (Wildman–Crippen MR) is 76.4 cm³/mol. The van der Waals surface area contributed by atoms with Gasteiger partial charge in [-0.15, -0.1) is 0 Å². The molecule has 0 aromatic heterocycles. The molecule has 1 aliphatic heterocycles. The molecule has 0 radical (unpaired) electrons. The van der Waals surface area contributed by atoms with Crippen LogP contribution >= 0.6 is 0 Å². The number of rotatable bonds is 4. The van der Waals surface area contributed by atoms with Crippen molar-refractivity contribution in [1.29, 1.82) is 5.26 Å². The quantitative estimate of drug-likeness (QED) is 0.699. The Kier molecular flexibility index (Phi) is 4.90. The molecule has 1 fully saturated rings. The lowest BCUT2D eigenvalue weighted by Crippen LogP contribution is -2.55. The molecule has 108 valence electrons. The van der Waals surface area contributed by atoms with E-state index < -0.39 is 0 Å². The van der Waals surface area contributed by atoms with Crippen LogP contribution in [-0.4, -0.2) is 60.5 Å². The maximum absolute atomic E-state index is 10.9. The highest BCUT2D eigenvalue weighted by Gasteiger charge is 2.27. The molecule has 0 aromatic rings. The summed E-state index contributed by atoms with van der Waals surface area (Å²) in [6.45, 7) is 3.67. The van der Waals surface area contributed by atoms with Crippen LogP contribution in [0, 0.1) is 11.3 Å². The molecular weight excluding hydrogens is 254 g/mol. The number of hydrogen-bond donors (Lipinski definition) is 2. The first kappa shape index (κ1) is 14.7. The van der Waals surface area contributed by atoms with E-state index in [0.717, 1.165) is 31.8 Å². The zero-order valence-electron chi connectivity index (χ0n) is 11.5. The third-order valence-electron chi connectivity index (χ3n) is 3.80. The number of nitrogens with zero attached hydrogens (tertiary/aromatic N) is 3. The topological polar surface area (TPSA) is 99.4 Å². The van der Waals surface area contributed by atoms with Crippen molar-refractivity contribution in [3.63, 3.8) is 0 Å². The minimum Gasteiger partial charge on any atom is -0.369 e. The van der Waals surface area contributed by atoms with Gasteiger partial charge in [0, 0.05) is 38.3 Å². The normalized spacial score (nSPS) is 27.9. The van der Waals surface area contributed by atoms with E-state index in [0.29, 0.717) is 13.0 Å². The van der Waals surface area contributed by atoms with E-state index in [9.17, 15) is 4.79 Å². The zero-order valence-corrected chi connectivity index (χ0v) is 11.5. The van der Waals surface area contributed by atoms with E-state index in [1.54, 1.807) is 0 Å². The molecule has 20 heavy (non-hydrogen) atoms. The van der Waals surface area contributed by atoms with Gasteiger partial charge in [0.1, 0.15) is 0 Å². The fraction of sp³-hybridized carbons (Fsp3) is 0.571. The van der Waals surface area contributed by atoms with E-state index in [4.69, 9.17) is 16.7 Å². The number of carbonyl (C=O) groups is 1. The summed E-state index contributed by atoms with van der Waals surface area (Å²) in [6, 6.07) is 2.26. The molecular formula is C14H21N5O. The van der Waals surface area contributed by atoms with Crippen molar-refractivity contribution in [3.8, 4) is 6.07 Å². The minimum absolute atomic E-state index is 0.0415. The number of carbonyl (C=O) groups excluding carboxylic acids is 1. The summed E-state index contributed by atoms with van der Waals surface area (Å²) in [6.07, 6.45) is 6.42. The Hall–Kier alpha value is -1.68. The van der Waals surface area contributed by atoms with Gasteiger partial charge in [0.25, 0.3) is 0 Å². The van der Waals surface area contributed by atoms with Crippen molar-refractivity contribution < 1.29 is 4.79 Å². The fourth-order valence-corrected chi connectivity index (χ4v) is 2.73. The lowest BCUT2D eigenvalue weighted by Gasteiger charge is -2.40. The predicted octanol–water partition coefficient (Wildman–Crippen LogP) is -0.805. The molecule has 6 nitrogen and oxygen atoms in total. The number of amides is 1. The van der Waals surface area contributed by atoms with E-state index in [2.05, 4.69) is 21.9 Å². The first-order valence-corrected chi connectivity index (χ1v) is 6.86. The van der Waals surface area contributed by atoms with Gasteiger partial charge in [0.05, 0.1) is 19.0 Å². The van der Waals surface area contributed by atoms with Gasteiger partial charge >= 0.3 is 0 Å². The van der Waals surface area contributed by atoms with Crippen LogP contribution in [0.2, 0.25) is 0 Å². The van der Waals surface area contributed by atoms with Crippen molar-refractivity contribution in [1.82, 2.24) is 9.80 Å². The van der Waals surface area contributed by atoms with Crippen molar-refractivity contribution in [2.45, 2.75) is 18.5 Å². The van der Waals surface area contributed by atoms with Crippen molar-refractivity contribution in [2.24, 2.45) is 11.5 Å². The molecule has 1 heterocycles. The van der Waals surface area contributed by atoms with E-state index in [1.165, 1.54) is 0 Å². The average molecular weight is 275 g/mol. The van der Waals surface area contributed by atoms with Gasteiger partial charge in [-0.05, 0) is 5.57 Å². The van der Waals surface area contributed by atoms with Gasteiger partial charge in [-0.25, -0.2) is 0 Å². The summed E-state index contributed by atoms with van der Waals surface area (Å²) in [5, 5.41) is 8.78. The third-order valence-corrected chi connectivity index (χ3v) is 3.80. The molecule has 1 aliphatic carbocycles. The molecule has 0 saturated carbocycles. The molecule has 0 aromatic carbocycles. The summed E-state index contributed by atoms with van der Waals surface area (Å²) in [5.41, 5.74) is 12.4. The van der Waals surface area contributed by atoms with Crippen LogP contribution in [-0.2, 0) is 4.79 Å². The van der Waals surface area contributed by atoms with Crippen LogP contribution in [0.15, 0.2) is 23.8 Å². The standard InChI is InChI=1S/C14H21N5O/c15-4-3-11-1-2-12(16)13(9-11)19-7-5-18(6-8-19)10-14(17)20/h1-2,9,12-13H,3,5-8,10,16H2,(H2,17,20). The Labute approximate surface area is 119 Å². The Morgan fingerprint density at radius 2 is 2.10 bits per heavy atom. The van der Waals surface area contributed by atoms with Crippen LogP contribution in [0.4, 0.5) is 0 Å². The Morgan fingerprint density at radius 3 is 2.70 bits per heavy atom. The lowest BCUT2D eigenvalue weighted by molar-refractivity contribution is -0.119. The molecule has 4 N–H and O–H groups in total. The Morgan fingerprint density at radius 1 is 1.40 bits per heavy atom. The van der Waals surface area contributed by atoms with Gasteiger partial charge in [0.15, 0.2) is 0 Å². The summed E-state index contributed by atoms with van der Waals surface area (Å²) < 4.78 is 0. The first-order chi connectivity index (χ1) is 9.60. The second kappa shape index (κ2) is 6.66. The third kappa shape index (κ3) is 3.67. The van der Waals surface area contributed by atoms with Crippen molar-refractivity contribution in [3.05, 3.63) is 23.8 Å². The molecule has 0 spiro atoms. The maximum atomic E-state index is 10.9. The Balaban J connectivity index is 1.94. The largest absolute Gasteiger partial charge is 0.369 e. The number of nitriles is 1. The second-order valence-corrected chi connectivity index (χ2v) is 5.28. The van der Waals surface area contributed by atoms with Gasteiger partial charge in [-0.3, -0.25) is 14.6 Å². The SMILES string of the molecule is N#CCC1=CC(N2CCN(CC(N)=O)CC2)C(N)C=C1. The van der Waals surface area contributed by atoms with Crippen LogP contribution < -0.4 is 11.5 Å². The molecule has 1 saturated heterocycles. The van der Waals surface area contributed by atoms with Crippen molar-refractivity contribution >= 4 is 5.91 Å². The monoisotopic (exact) mass is 275 g/mol. The lowest BCUT2D eigenvalue weighted by atomic mass is 9.95. The summed E-state index contributed by atoms with van der Waals surface area (Å²) in [7, 11) is 0. The Bertz CT molecular complexity index is 457. The zero-order chi connectivity index (χ0) is 14.5. The second-order valence-electron chi connectivity index (χ2n) is 5.28. The number of allylic oxidation sites excluding steroid dienone is 2. The highest BCUT2D eigenvalue weighted by molar-refractivity contribution is 5.75. The number of primary amides is 1. The summed E-state index contributed by atoms with van der Waals surface area (Å²) >= 11 is 0. The van der Waals surface area contributed by atoms with Crippen LogP contribution in [0.1, 0.15) is 6.42 Å². The first-order valence-electron chi connectivity index (χ1n) is 6.86. The maximum Gasteiger partial charge on any atom is 0.231 e. The molecule has 2 atom stereocenters. The van der Waals surface area contributed by atoms with Gasteiger partial charge in [0.2, 0.25) is 5.91 Å². The number of piperazine rings is 1. The fourth-order valence-electron chi connectivity index (χ4n) is 2.73. The van der Waals surface area contributed by atoms with Crippen LogP contribution in [0.25, 0.3) is 0 Å². The molecule has 2 unspecified atom stereocenters. The van der Waals surface area contributed by atoms with Gasteiger partial charge < -0.3 is 11.5 Å². The molecule has 2 aliphatic rings. The van der Waals surface area contributed by atoms with Crippen LogP contribution in [0.3, 0.4) is 0 Å². The van der Waals surface area contributed by atoms with Gasteiger partial charge in [-0.2, -0.15) is 5.26 Å². The summed E-state index contributed by atoms with van der Waals surface area (Å²) in [5.74, 6) is -0.285. The minimum atomic E-state index is -0.285. The molecule has 6 heteroatoms. The number of hydrogen-bond acceptors (Lipinski definition) is 5. The highest BCUT2D eigenvalue weighted by Crippen LogP contribution is 2.19. The van der Waals surface area contributed by atoms with E-state index in [-0.39, 0.29) is 18.0 Å². The molecule has 1 amide bonds. The van der Waals surface area contributed by atoms with Crippen molar-refractivity contribution in [2.75, 3.05) is 32.7 Å². The van der Waals surface area contributed by atoms with Crippen LogP contribution in [0.5, 0.6) is 0 Å². The van der Waals surface area contributed by atoms with E-state index >= 15 is 0 Å². The smallest absolute Gasteiger partial charge is 0.231 e. The summed E-state index contributed by atoms with van der Waals surface area (Å²) in [4.78, 5) is 15.3. The van der Waals surface area contributed by atoms with Gasteiger partial charge in [-0.1, -0.05) is 18.2 Å².